The zero-order valence-corrected chi connectivity index (χ0v) is 12.5. The van der Waals surface area contributed by atoms with Gasteiger partial charge >= 0.3 is 0 Å². The predicted octanol–water partition coefficient (Wildman–Crippen LogP) is 3.07. The van der Waals surface area contributed by atoms with Crippen molar-refractivity contribution in [3.63, 3.8) is 0 Å². The highest BCUT2D eigenvalue weighted by Gasteiger charge is 2.14. The minimum atomic E-state index is 0.744. The molecule has 2 rings (SSSR count). The largest absolute Gasteiger partial charge is 0.312 e. The summed E-state index contributed by atoms with van der Waals surface area (Å²) in [5.41, 5.74) is 2.82. The first kappa shape index (κ1) is 14.5. The van der Waals surface area contributed by atoms with E-state index in [1.165, 1.54) is 43.6 Å². The topological polar surface area (TPSA) is 15.3 Å². The number of likely N-dealkylation sites (tertiary alicyclic amines) is 1. The number of hydrogen-bond donors (Lipinski definition) is 1. The average molecular weight is 260 g/mol. The molecule has 2 nitrogen and oxygen atoms in total. The molecule has 0 bridgehead atoms. The standard InChI is InChI=1S/C17H28N2/c1-3-16-6-8-17(9-7-16)13-18-12-15(2)14-19-10-4-5-11-19/h6-9,15,18H,3-5,10-14H2,1-2H3. The Kier molecular flexibility index (Phi) is 5.87. The maximum absolute atomic E-state index is 3.59. The first-order chi connectivity index (χ1) is 9.28. The molecule has 2 heteroatoms. The smallest absolute Gasteiger partial charge is 0.0205 e. The highest BCUT2D eigenvalue weighted by molar-refractivity contribution is 5.22. The summed E-state index contributed by atoms with van der Waals surface area (Å²) >= 11 is 0. The molecule has 1 atom stereocenters. The lowest BCUT2D eigenvalue weighted by molar-refractivity contribution is 0.282. The van der Waals surface area contributed by atoms with E-state index < -0.39 is 0 Å². The average Bonchev–Trinajstić information content (AvgIpc) is 2.92. The number of nitrogens with zero attached hydrogens (tertiary/aromatic N) is 1. The molecule has 0 aromatic heterocycles. The van der Waals surface area contributed by atoms with Crippen molar-refractivity contribution in [3.05, 3.63) is 35.4 Å². The zero-order valence-electron chi connectivity index (χ0n) is 12.5. The molecule has 1 unspecified atom stereocenters. The maximum atomic E-state index is 3.59. The fourth-order valence-corrected chi connectivity index (χ4v) is 2.83. The molecule has 1 aliphatic heterocycles. The molecule has 19 heavy (non-hydrogen) atoms. The van der Waals surface area contributed by atoms with Crippen molar-refractivity contribution in [2.45, 2.75) is 39.7 Å². The van der Waals surface area contributed by atoms with E-state index in [1.807, 2.05) is 0 Å². The van der Waals surface area contributed by atoms with E-state index in [9.17, 15) is 0 Å². The Morgan fingerprint density at radius 3 is 2.37 bits per heavy atom. The van der Waals surface area contributed by atoms with E-state index in [-0.39, 0.29) is 0 Å². The van der Waals surface area contributed by atoms with Crippen LogP contribution in [0.1, 0.15) is 37.8 Å². The van der Waals surface area contributed by atoms with Crippen LogP contribution in [0, 0.1) is 5.92 Å². The van der Waals surface area contributed by atoms with Gasteiger partial charge in [0.15, 0.2) is 0 Å². The number of hydrogen-bond acceptors (Lipinski definition) is 2. The van der Waals surface area contributed by atoms with Crippen LogP contribution in [-0.2, 0) is 13.0 Å². The molecule has 1 aromatic rings. The Balaban J connectivity index is 1.64. The highest BCUT2D eigenvalue weighted by Crippen LogP contribution is 2.10. The van der Waals surface area contributed by atoms with Crippen LogP contribution in [0.2, 0.25) is 0 Å². The van der Waals surface area contributed by atoms with Crippen molar-refractivity contribution in [1.29, 1.82) is 0 Å². The molecule has 1 N–H and O–H groups in total. The first-order valence-electron chi connectivity index (χ1n) is 7.79. The second kappa shape index (κ2) is 7.66. The minimum Gasteiger partial charge on any atom is -0.312 e. The van der Waals surface area contributed by atoms with Crippen molar-refractivity contribution >= 4 is 0 Å². The van der Waals surface area contributed by atoms with Crippen molar-refractivity contribution in [2.75, 3.05) is 26.2 Å². The fraction of sp³-hybridized carbons (Fsp3) is 0.647. The molecule has 0 radical (unpaired) electrons. The van der Waals surface area contributed by atoms with Crippen LogP contribution in [0.3, 0.4) is 0 Å². The summed E-state index contributed by atoms with van der Waals surface area (Å²) in [5.74, 6) is 0.744. The van der Waals surface area contributed by atoms with Gasteiger partial charge in [0, 0.05) is 13.1 Å². The molecular formula is C17H28N2. The molecule has 0 aliphatic carbocycles. The van der Waals surface area contributed by atoms with E-state index in [1.54, 1.807) is 0 Å². The monoisotopic (exact) mass is 260 g/mol. The van der Waals surface area contributed by atoms with Crippen LogP contribution in [0.5, 0.6) is 0 Å². The van der Waals surface area contributed by atoms with Gasteiger partial charge in [0.05, 0.1) is 0 Å². The Morgan fingerprint density at radius 2 is 1.74 bits per heavy atom. The first-order valence-corrected chi connectivity index (χ1v) is 7.79. The summed E-state index contributed by atoms with van der Waals surface area (Å²) in [6.45, 7) is 10.5. The van der Waals surface area contributed by atoms with Crippen LogP contribution in [0.25, 0.3) is 0 Å². The molecule has 1 aliphatic rings. The van der Waals surface area contributed by atoms with Gasteiger partial charge < -0.3 is 10.2 Å². The number of benzene rings is 1. The van der Waals surface area contributed by atoms with Gasteiger partial charge in [-0.25, -0.2) is 0 Å². The zero-order chi connectivity index (χ0) is 13.5. The third-order valence-electron chi connectivity index (χ3n) is 4.02. The summed E-state index contributed by atoms with van der Waals surface area (Å²) in [6.07, 6.45) is 3.91. The number of aryl methyl sites for hydroxylation is 1. The van der Waals surface area contributed by atoms with Crippen molar-refractivity contribution in [3.8, 4) is 0 Å². The van der Waals surface area contributed by atoms with Gasteiger partial charge in [-0.15, -0.1) is 0 Å². The SMILES string of the molecule is CCc1ccc(CNCC(C)CN2CCCC2)cc1. The van der Waals surface area contributed by atoms with Gasteiger partial charge in [0.25, 0.3) is 0 Å². The summed E-state index contributed by atoms with van der Waals surface area (Å²) in [6, 6.07) is 8.98. The normalized spacial score (nSPS) is 17.8. The molecule has 1 fully saturated rings. The molecule has 1 heterocycles. The Hall–Kier alpha value is -0.860. The van der Waals surface area contributed by atoms with Gasteiger partial charge in [0.2, 0.25) is 0 Å². The second-order valence-corrected chi connectivity index (χ2v) is 5.91. The summed E-state index contributed by atoms with van der Waals surface area (Å²) < 4.78 is 0. The molecule has 0 saturated carbocycles. The lowest BCUT2D eigenvalue weighted by atomic mass is 10.1. The van der Waals surface area contributed by atoms with Gasteiger partial charge in [-0.05, 0) is 55.9 Å². The van der Waals surface area contributed by atoms with Crippen molar-refractivity contribution in [1.82, 2.24) is 10.2 Å². The maximum Gasteiger partial charge on any atom is 0.0205 e. The lowest BCUT2D eigenvalue weighted by Crippen LogP contribution is -2.31. The van der Waals surface area contributed by atoms with Crippen LogP contribution < -0.4 is 5.32 Å². The van der Waals surface area contributed by atoms with Gasteiger partial charge in [-0.1, -0.05) is 38.1 Å². The molecule has 1 saturated heterocycles. The number of nitrogens with one attached hydrogen (secondary N) is 1. The van der Waals surface area contributed by atoms with Crippen LogP contribution in [-0.4, -0.2) is 31.1 Å². The fourth-order valence-electron chi connectivity index (χ4n) is 2.83. The predicted molar refractivity (Wildman–Crippen MR) is 82.4 cm³/mol. The number of rotatable bonds is 7. The van der Waals surface area contributed by atoms with E-state index in [4.69, 9.17) is 0 Å². The third-order valence-corrected chi connectivity index (χ3v) is 4.02. The summed E-state index contributed by atoms with van der Waals surface area (Å²) in [5, 5.41) is 3.59. The van der Waals surface area contributed by atoms with Crippen LogP contribution in [0.4, 0.5) is 0 Å². The van der Waals surface area contributed by atoms with E-state index in [0.29, 0.717) is 0 Å². The Bertz CT molecular complexity index is 352. The second-order valence-electron chi connectivity index (χ2n) is 5.91. The van der Waals surface area contributed by atoms with Crippen LogP contribution in [0.15, 0.2) is 24.3 Å². The molecule has 0 spiro atoms. The summed E-state index contributed by atoms with van der Waals surface area (Å²) in [7, 11) is 0. The van der Waals surface area contributed by atoms with Gasteiger partial charge in [0.1, 0.15) is 0 Å². The quantitative estimate of drug-likeness (QED) is 0.810. The van der Waals surface area contributed by atoms with E-state index in [2.05, 4.69) is 48.3 Å². The van der Waals surface area contributed by atoms with Crippen molar-refractivity contribution < 1.29 is 0 Å². The minimum absolute atomic E-state index is 0.744. The lowest BCUT2D eigenvalue weighted by Gasteiger charge is -2.20. The Morgan fingerprint density at radius 1 is 1.11 bits per heavy atom. The Labute approximate surface area is 118 Å². The van der Waals surface area contributed by atoms with E-state index in [0.717, 1.165) is 25.4 Å². The van der Waals surface area contributed by atoms with Crippen molar-refractivity contribution in [2.24, 2.45) is 5.92 Å². The third kappa shape index (κ3) is 4.96. The van der Waals surface area contributed by atoms with Gasteiger partial charge in [-0.3, -0.25) is 0 Å². The molecule has 1 aromatic carbocycles. The highest BCUT2D eigenvalue weighted by atomic mass is 15.1. The molecule has 0 amide bonds. The summed E-state index contributed by atoms with van der Waals surface area (Å²) in [4.78, 5) is 2.60. The molecular weight excluding hydrogens is 232 g/mol. The molecule has 106 valence electrons. The van der Waals surface area contributed by atoms with Crippen LogP contribution >= 0.6 is 0 Å². The van der Waals surface area contributed by atoms with E-state index >= 15 is 0 Å². The van der Waals surface area contributed by atoms with Gasteiger partial charge in [-0.2, -0.15) is 0 Å².